The van der Waals surface area contributed by atoms with Crippen molar-refractivity contribution in [3.63, 3.8) is 0 Å². The van der Waals surface area contributed by atoms with Gasteiger partial charge in [-0.15, -0.1) is 11.3 Å². The fraction of sp³-hybridized carbons (Fsp3) is 0.692. The summed E-state index contributed by atoms with van der Waals surface area (Å²) in [6.45, 7) is 6.97. The van der Waals surface area contributed by atoms with E-state index in [4.69, 9.17) is 5.11 Å². The minimum atomic E-state index is -3.41. The molecule has 0 aliphatic rings. The van der Waals surface area contributed by atoms with Crippen molar-refractivity contribution in [2.75, 3.05) is 13.1 Å². The van der Waals surface area contributed by atoms with Crippen molar-refractivity contribution in [2.45, 2.75) is 44.4 Å². The molecule has 1 N–H and O–H groups in total. The molecule has 0 aromatic carbocycles. The van der Waals surface area contributed by atoms with Gasteiger partial charge in [-0.1, -0.05) is 33.6 Å². The average Bonchev–Trinajstić information content (AvgIpc) is 2.89. The lowest BCUT2D eigenvalue weighted by Crippen LogP contribution is -2.34. The first-order valence-electron chi connectivity index (χ1n) is 6.69. The first-order chi connectivity index (χ1) is 8.99. The molecule has 6 heteroatoms. The number of nitrogens with zero attached hydrogens (tertiary/aromatic N) is 1. The first kappa shape index (κ1) is 16.6. The van der Waals surface area contributed by atoms with E-state index in [1.807, 2.05) is 6.92 Å². The minimum absolute atomic E-state index is 0.112. The van der Waals surface area contributed by atoms with E-state index in [1.165, 1.54) is 4.31 Å². The van der Waals surface area contributed by atoms with Crippen molar-refractivity contribution in [2.24, 2.45) is 5.92 Å². The molecule has 1 rings (SSSR count). The van der Waals surface area contributed by atoms with Crippen molar-refractivity contribution in [1.29, 1.82) is 0 Å². The predicted octanol–water partition coefficient (Wildman–Crippen LogP) is 2.69. The van der Waals surface area contributed by atoms with Crippen molar-refractivity contribution in [3.8, 4) is 0 Å². The number of hydrogen-bond donors (Lipinski definition) is 1. The SMILES string of the molecule is CCC(CC)CN(CC)S(=O)(=O)c1ccc(CO)s1. The second-order valence-electron chi connectivity index (χ2n) is 4.52. The molecule has 0 spiro atoms. The zero-order valence-corrected chi connectivity index (χ0v) is 13.4. The Morgan fingerprint density at radius 2 is 1.89 bits per heavy atom. The van der Waals surface area contributed by atoms with Gasteiger partial charge in [-0.2, -0.15) is 4.31 Å². The number of rotatable bonds is 8. The van der Waals surface area contributed by atoms with Gasteiger partial charge in [0, 0.05) is 18.0 Å². The van der Waals surface area contributed by atoms with Crippen molar-refractivity contribution in [3.05, 3.63) is 17.0 Å². The third-order valence-electron chi connectivity index (χ3n) is 3.36. The Labute approximate surface area is 120 Å². The highest BCUT2D eigenvalue weighted by molar-refractivity contribution is 7.91. The molecule has 0 saturated carbocycles. The molecule has 1 aromatic rings. The van der Waals surface area contributed by atoms with Crippen LogP contribution in [0.15, 0.2) is 16.3 Å². The Kier molecular flexibility index (Phi) is 6.46. The quantitative estimate of drug-likeness (QED) is 0.803. The third kappa shape index (κ3) is 4.02. The molecular weight excluding hydrogens is 282 g/mol. The zero-order valence-electron chi connectivity index (χ0n) is 11.8. The van der Waals surface area contributed by atoms with E-state index < -0.39 is 10.0 Å². The average molecular weight is 305 g/mol. The van der Waals surface area contributed by atoms with Crippen LogP contribution in [0.2, 0.25) is 0 Å². The smallest absolute Gasteiger partial charge is 0.252 e. The van der Waals surface area contributed by atoms with Crippen LogP contribution in [-0.4, -0.2) is 30.9 Å². The van der Waals surface area contributed by atoms with E-state index in [-0.39, 0.29) is 6.61 Å². The van der Waals surface area contributed by atoms with Gasteiger partial charge in [0.25, 0.3) is 10.0 Å². The second kappa shape index (κ2) is 7.38. The van der Waals surface area contributed by atoms with Crippen LogP contribution in [0, 0.1) is 5.92 Å². The minimum Gasteiger partial charge on any atom is -0.391 e. The van der Waals surface area contributed by atoms with Gasteiger partial charge < -0.3 is 5.11 Å². The molecule has 0 amide bonds. The zero-order chi connectivity index (χ0) is 14.5. The van der Waals surface area contributed by atoms with E-state index in [0.717, 1.165) is 24.2 Å². The number of sulfonamides is 1. The molecule has 0 atom stereocenters. The van der Waals surface area contributed by atoms with E-state index >= 15 is 0 Å². The van der Waals surface area contributed by atoms with Crippen LogP contribution in [0.25, 0.3) is 0 Å². The van der Waals surface area contributed by atoms with Gasteiger partial charge in [0.1, 0.15) is 4.21 Å². The topological polar surface area (TPSA) is 57.6 Å². The molecule has 1 aromatic heterocycles. The molecule has 0 unspecified atom stereocenters. The highest BCUT2D eigenvalue weighted by Gasteiger charge is 2.26. The van der Waals surface area contributed by atoms with E-state index in [1.54, 1.807) is 12.1 Å². The lowest BCUT2D eigenvalue weighted by Gasteiger charge is -2.24. The summed E-state index contributed by atoms with van der Waals surface area (Å²) in [4.78, 5) is 0.678. The molecule has 4 nitrogen and oxygen atoms in total. The highest BCUT2D eigenvalue weighted by Crippen LogP contribution is 2.26. The van der Waals surface area contributed by atoms with Gasteiger partial charge in [0.15, 0.2) is 0 Å². The molecule has 0 bridgehead atoms. The monoisotopic (exact) mass is 305 g/mol. The molecule has 0 saturated heterocycles. The van der Waals surface area contributed by atoms with E-state index in [0.29, 0.717) is 28.1 Å². The van der Waals surface area contributed by atoms with Crippen LogP contribution < -0.4 is 0 Å². The largest absolute Gasteiger partial charge is 0.391 e. The lowest BCUT2D eigenvalue weighted by atomic mass is 10.0. The lowest BCUT2D eigenvalue weighted by molar-refractivity contribution is 0.285. The summed E-state index contributed by atoms with van der Waals surface area (Å²) in [5, 5.41) is 9.04. The normalized spacial score (nSPS) is 12.5. The molecule has 0 aliphatic carbocycles. The number of aliphatic hydroxyl groups is 1. The van der Waals surface area contributed by atoms with Crippen molar-refractivity contribution in [1.82, 2.24) is 4.31 Å². The van der Waals surface area contributed by atoms with Crippen LogP contribution in [0.5, 0.6) is 0 Å². The first-order valence-corrected chi connectivity index (χ1v) is 8.94. The summed E-state index contributed by atoms with van der Waals surface area (Å²) < 4.78 is 26.9. The maximum Gasteiger partial charge on any atom is 0.252 e. The van der Waals surface area contributed by atoms with E-state index in [2.05, 4.69) is 13.8 Å². The third-order valence-corrected chi connectivity index (χ3v) is 6.83. The summed E-state index contributed by atoms with van der Waals surface area (Å²) in [7, 11) is -3.41. The summed E-state index contributed by atoms with van der Waals surface area (Å²) in [6, 6.07) is 3.25. The maximum atomic E-state index is 12.5. The van der Waals surface area contributed by atoms with E-state index in [9.17, 15) is 8.42 Å². The van der Waals surface area contributed by atoms with Gasteiger partial charge in [0.2, 0.25) is 0 Å². The van der Waals surface area contributed by atoms with Gasteiger partial charge >= 0.3 is 0 Å². The van der Waals surface area contributed by atoms with Crippen LogP contribution in [-0.2, 0) is 16.6 Å². The molecule has 110 valence electrons. The second-order valence-corrected chi connectivity index (χ2v) is 7.85. The molecule has 0 radical (unpaired) electrons. The Hall–Kier alpha value is -0.430. The number of aliphatic hydroxyl groups excluding tert-OH is 1. The summed E-state index contributed by atoms with van der Waals surface area (Å²) >= 11 is 1.15. The van der Waals surface area contributed by atoms with Crippen molar-refractivity contribution < 1.29 is 13.5 Å². The van der Waals surface area contributed by atoms with Crippen LogP contribution in [0.3, 0.4) is 0 Å². The van der Waals surface area contributed by atoms with Gasteiger partial charge in [-0.05, 0) is 18.1 Å². The van der Waals surface area contributed by atoms with Crippen LogP contribution >= 0.6 is 11.3 Å². The number of hydrogen-bond acceptors (Lipinski definition) is 4. The molecule has 1 heterocycles. The van der Waals surface area contributed by atoms with Gasteiger partial charge in [-0.3, -0.25) is 0 Å². The summed E-state index contributed by atoms with van der Waals surface area (Å²) in [6.07, 6.45) is 1.96. The fourth-order valence-corrected chi connectivity index (χ4v) is 4.84. The maximum absolute atomic E-state index is 12.5. The highest BCUT2D eigenvalue weighted by atomic mass is 32.2. The predicted molar refractivity (Wildman–Crippen MR) is 78.7 cm³/mol. The standard InChI is InChI=1S/C13H23NO3S2/c1-4-11(5-2)9-14(6-3)19(16,17)13-8-7-12(10-15)18-13/h7-8,11,15H,4-6,9-10H2,1-3H3. The number of thiophene rings is 1. The van der Waals surface area contributed by atoms with Crippen molar-refractivity contribution >= 4 is 21.4 Å². The molecular formula is C13H23NO3S2. The van der Waals surface area contributed by atoms with Gasteiger partial charge in [0.05, 0.1) is 6.61 Å². The Morgan fingerprint density at radius 1 is 1.26 bits per heavy atom. The molecule has 0 aliphatic heterocycles. The van der Waals surface area contributed by atoms with Gasteiger partial charge in [-0.25, -0.2) is 8.42 Å². The fourth-order valence-electron chi connectivity index (χ4n) is 1.94. The Balaban J connectivity index is 2.95. The summed E-state index contributed by atoms with van der Waals surface area (Å²) in [5.41, 5.74) is 0. The van der Waals surface area contributed by atoms with Crippen LogP contribution in [0.1, 0.15) is 38.5 Å². The van der Waals surface area contributed by atoms with Crippen LogP contribution in [0.4, 0.5) is 0 Å². The Morgan fingerprint density at radius 3 is 2.32 bits per heavy atom. The molecule has 19 heavy (non-hydrogen) atoms. The molecule has 0 fully saturated rings. The Bertz CT molecular complexity index is 478. The summed E-state index contributed by atoms with van der Waals surface area (Å²) in [5.74, 6) is 0.395.